The lowest BCUT2D eigenvalue weighted by Crippen LogP contribution is -2.28. The van der Waals surface area contributed by atoms with Crippen LogP contribution in [0.4, 0.5) is 4.39 Å². The Bertz CT molecular complexity index is 727. The van der Waals surface area contributed by atoms with E-state index in [1.165, 1.54) is 6.07 Å². The molecule has 0 saturated carbocycles. The second-order valence-electron chi connectivity index (χ2n) is 5.25. The lowest BCUT2D eigenvalue weighted by atomic mass is 9.97. The molecule has 0 unspecified atom stereocenters. The van der Waals surface area contributed by atoms with E-state index in [2.05, 4.69) is 4.72 Å². The highest BCUT2D eigenvalue weighted by molar-refractivity contribution is 7.89. The summed E-state index contributed by atoms with van der Waals surface area (Å²) in [5.74, 6) is -0.124. The summed E-state index contributed by atoms with van der Waals surface area (Å²) < 4.78 is 39.2. The molecule has 2 aromatic rings. The molecule has 0 heterocycles. The zero-order valence-corrected chi connectivity index (χ0v) is 13.5. The van der Waals surface area contributed by atoms with Crippen LogP contribution in [0, 0.1) is 5.82 Å². The minimum Gasteiger partial charge on any atom is -0.215 e. The number of benzene rings is 2. The maximum absolute atomic E-state index is 13.7. The number of sulfonamides is 1. The third-order valence-corrected chi connectivity index (χ3v) is 5.02. The fourth-order valence-electron chi connectivity index (χ4n) is 2.16. The van der Waals surface area contributed by atoms with Crippen LogP contribution < -0.4 is 4.72 Å². The Morgan fingerprint density at radius 3 is 2.32 bits per heavy atom. The smallest absolute Gasteiger partial charge is 0.211 e. The molecule has 0 aliphatic carbocycles. The van der Waals surface area contributed by atoms with E-state index in [0.717, 1.165) is 11.1 Å². The van der Waals surface area contributed by atoms with Gasteiger partial charge in [-0.05, 0) is 30.0 Å². The van der Waals surface area contributed by atoms with Crippen molar-refractivity contribution in [2.45, 2.75) is 19.8 Å². The van der Waals surface area contributed by atoms with Crippen LogP contribution in [0.2, 0.25) is 0 Å². The van der Waals surface area contributed by atoms with Crippen LogP contribution in [0.5, 0.6) is 0 Å². The van der Waals surface area contributed by atoms with E-state index >= 15 is 0 Å². The van der Waals surface area contributed by atoms with Crippen LogP contribution in [-0.2, 0) is 10.0 Å². The van der Waals surface area contributed by atoms with Crippen molar-refractivity contribution >= 4 is 10.0 Å². The first-order valence-electron chi connectivity index (χ1n) is 7.25. The predicted octanol–water partition coefficient (Wildman–Crippen LogP) is 3.54. The van der Waals surface area contributed by atoms with E-state index in [0.29, 0.717) is 12.1 Å². The number of rotatable bonds is 6. The number of halogens is 1. The average Bonchev–Trinajstić information content (AvgIpc) is 2.53. The summed E-state index contributed by atoms with van der Waals surface area (Å²) in [5.41, 5.74) is 2.38. The minimum atomic E-state index is -3.18. The van der Waals surface area contributed by atoms with Gasteiger partial charge in [-0.15, -0.1) is 0 Å². The maximum atomic E-state index is 13.7. The molecule has 118 valence electrons. The van der Waals surface area contributed by atoms with E-state index in [9.17, 15) is 12.8 Å². The molecule has 0 radical (unpaired) electrons. The molecule has 22 heavy (non-hydrogen) atoms. The van der Waals surface area contributed by atoms with E-state index in [1.54, 1.807) is 25.1 Å². The molecule has 1 N–H and O–H groups in total. The predicted molar refractivity (Wildman–Crippen MR) is 87.7 cm³/mol. The molecular formula is C17H20FNO2S. The summed E-state index contributed by atoms with van der Waals surface area (Å²) in [6.45, 7) is 3.92. The normalized spacial score (nSPS) is 13.0. The monoisotopic (exact) mass is 321 g/mol. The van der Waals surface area contributed by atoms with Gasteiger partial charge in [-0.2, -0.15) is 0 Å². The van der Waals surface area contributed by atoms with Crippen molar-refractivity contribution in [2.75, 3.05) is 12.3 Å². The van der Waals surface area contributed by atoms with Gasteiger partial charge in [0.25, 0.3) is 0 Å². The second kappa shape index (κ2) is 7.03. The zero-order valence-electron chi connectivity index (χ0n) is 12.7. The summed E-state index contributed by atoms with van der Waals surface area (Å²) in [4.78, 5) is 0. The topological polar surface area (TPSA) is 46.2 Å². The van der Waals surface area contributed by atoms with Crippen molar-refractivity contribution in [3.63, 3.8) is 0 Å². The molecule has 0 saturated heterocycles. The van der Waals surface area contributed by atoms with Crippen molar-refractivity contribution in [3.8, 4) is 11.1 Å². The quantitative estimate of drug-likeness (QED) is 0.884. The molecule has 0 fully saturated rings. The molecule has 0 aliphatic heterocycles. The standard InChI is InChI=1S/C17H20FNO2S/c1-3-22(20,21)19-12-13(2)14-8-10-15(11-9-14)16-6-4-5-7-17(16)18/h4-11,13,19H,3,12H2,1-2H3/t13-/m1/s1. The Morgan fingerprint density at radius 2 is 1.73 bits per heavy atom. The Morgan fingerprint density at radius 1 is 1.09 bits per heavy atom. The molecule has 0 aliphatic rings. The average molecular weight is 321 g/mol. The highest BCUT2D eigenvalue weighted by atomic mass is 32.2. The van der Waals surface area contributed by atoms with Crippen molar-refractivity contribution in [2.24, 2.45) is 0 Å². The minimum absolute atomic E-state index is 0.0518. The van der Waals surface area contributed by atoms with Crippen LogP contribution in [0.1, 0.15) is 25.3 Å². The summed E-state index contributed by atoms with van der Waals surface area (Å²) >= 11 is 0. The first kappa shape index (κ1) is 16.6. The summed E-state index contributed by atoms with van der Waals surface area (Å²) in [6.07, 6.45) is 0. The highest BCUT2D eigenvalue weighted by Gasteiger charge is 2.11. The van der Waals surface area contributed by atoms with E-state index in [-0.39, 0.29) is 17.5 Å². The van der Waals surface area contributed by atoms with E-state index in [1.807, 2.05) is 31.2 Å². The second-order valence-corrected chi connectivity index (χ2v) is 7.35. The Hall–Kier alpha value is -1.72. The van der Waals surface area contributed by atoms with E-state index in [4.69, 9.17) is 0 Å². The third kappa shape index (κ3) is 4.15. The fraction of sp³-hybridized carbons (Fsp3) is 0.294. The summed E-state index contributed by atoms with van der Waals surface area (Å²) in [7, 11) is -3.18. The number of nitrogens with one attached hydrogen (secondary N) is 1. The highest BCUT2D eigenvalue weighted by Crippen LogP contribution is 2.24. The van der Waals surface area contributed by atoms with Gasteiger partial charge in [0, 0.05) is 12.1 Å². The van der Waals surface area contributed by atoms with E-state index < -0.39 is 10.0 Å². The van der Waals surface area contributed by atoms with Crippen LogP contribution in [0.3, 0.4) is 0 Å². The lowest BCUT2D eigenvalue weighted by Gasteiger charge is -2.13. The molecule has 1 atom stereocenters. The summed E-state index contributed by atoms with van der Waals surface area (Å²) in [6, 6.07) is 14.2. The molecule has 5 heteroatoms. The van der Waals surface area contributed by atoms with Crippen molar-refractivity contribution in [1.29, 1.82) is 0 Å². The largest absolute Gasteiger partial charge is 0.215 e. The van der Waals surface area contributed by atoms with Crippen molar-refractivity contribution in [1.82, 2.24) is 4.72 Å². The Labute approximate surface area is 131 Å². The molecule has 0 amide bonds. The van der Waals surface area contributed by atoms with Gasteiger partial charge in [0.05, 0.1) is 5.75 Å². The molecule has 2 rings (SSSR count). The lowest BCUT2D eigenvalue weighted by molar-refractivity contribution is 0.576. The molecule has 2 aromatic carbocycles. The van der Waals surface area contributed by atoms with Crippen LogP contribution in [0.15, 0.2) is 48.5 Å². The molecule has 0 bridgehead atoms. The Kier molecular flexibility index (Phi) is 5.32. The van der Waals surface area contributed by atoms with Crippen LogP contribution in [0.25, 0.3) is 11.1 Å². The van der Waals surface area contributed by atoms with Gasteiger partial charge >= 0.3 is 0 Å². The van der Waals surface area contributed by atoms with Gasteiger partial charge in [0.2, 0.25) is 10.0 Å². The Balaban J connectivity index is 2.10. The number of hydrogen-bond donors (Lipinski definition) is 1. The van der Waals surface area contributed by atoms with Gasteiger partial charge in [0.15, 0.2) is 0 Å². The molecule has 0 spiro atoms. The van der Waals surface area contributed by atoms with Gasteiger partial charge in [0.1, 0.15) is 5.82 Å². The van der Waals surface area contributed by atoms with Crippen LogP contribution >= 0.6 is 0 Å². The molecular weight excluding hydrogens is 301 g/mol. The molecule has 0 aromatic heterocycles. The third-order valence-electron chi connectivity index (χ3n) is 3.65. The van der Waals surface area contributed by atoms with Gasteiger partial charge in [-0.3, -0.25) is 0 Å². The fourth-order valence-corrected chi connectivity index (χ4v) is 2.87. The van der Waals surface area contributed by atoms with Crippen molar-refractivity contribution < 1.29 is 12.8 Å². The number of hydrogen-bond acceptors (Lipinski definition) is 2. The van der Waals surface area contributed by atoms with Gasteiger partial charge in [-0.25, -0.2) is 17.5 Å². The SMILES string of the molecule is CCS(=O)(=O)NC[C@@H](C)c1ccc(-c2ccccc2F)cc1. The molecule has 3 nitrogen and oxygen atoms in total. The summed E-state index contributed by atoms with van der Waals surface area (Å²) in [5, 5.41) is 0. The van der Waals surface area contributed by atoms with Gasteiger partial charge in [-0.1, -0.05) is 49.4 Å². The maximum Gasteiger partial charge on any atom is 0.211 e. The van der Waals surface area contributed by atoms with Crippen LogP contribution in [-0.4, -0.2) is 20.7 Å². The first-order chi connectivity index (χ1) is 10.4. The van der Waals surface area contributed by atoms with Gasteiger partial charge < -0.3 is 0 Å². The van der Waals surface area contributed by atoms with Crippen molar-refractivity contribution in [3.05, 3.63) is 59.9 Å². The zero-order chi connectivity index (χ0) is 16.2. The first-order valence-corrected chi connectivity index (χ1v) is 8.90.